The van der Waals surface area contributed by atoms with Gasteiger partial charge in [-0.1, -0.05) is 0 Å². The summed E-state index contributed by atoms with van der Waals surface area (Å²) in [7, 11) is 3.98. The number of hydrogen-bond donors (Lipinski definition) is 2. The number of pyridine rings is 1. The van der Waals surface area contributed by atoms with E-state index in [2.05, 4.69) is 4.90 Å². The van der Waals surface area contributed by atoms with Gasteiger partial charge in [-0.2, -0.15) is 0 Å². The predicted octanol–water partition coefficient (Wildman–Crippen LogP) is 0.651. The summed E-state index contributed by atoms with van der Waals surface area (Å²) in [6.45, 7) is 5.43. The van der Waals surface area contributed by atoms with Gasteiger partial charge in [0, 0.05) is 31.4 Å². The number of carbonyl (C=O) groups excluding carboxylic acids is 1. The molecule has 0 bridgehead atoms. The molecule has 0 spiro atoms. The number of rotatable bonds is 3. The summed E-state index contributed by atoms with van der Waals surface area (Å²) in [5.41, 5.74) is 0.931. The van der Waals surface area contributed by atoms with E-state index in [1.54, 1.807) is 10.6 Å². The zero-order chi connectivity index (χ0) is 21.0. The first kappa shape index (κ1) is 22.1. The fourth-order valence-corrected chi connectivity index (χ4v) is 4.53. The Labute approximate surface area is 165 Å². The van der Waals surface area contributed by atoms with Crippen molar-refractivity contribution >= 4 is 12.4 Å². The molecular formula is C20H31N3O5. The van der Waals surface area contributed by atoms with Gasteiger partial charge < -0.3 is 24.6 Å². The number of likely N-dealkylation sites (N-methyl/N-ethyl adjacent to an activating group) is 1. The van der Waals surface area contributed by atoms with Gasteiger partial charge in [0.15, 0.2) is 0 Å². The number of nitrogens with zero attached hydrogens (tertiary/aromatic N) is 3. The highest BCUT2D eigenvalue weighted by Crippen LogP contribution is 2.38. The first-order valence-corrected chi connectivity index (χ1v) is 9.67. The van der Waals surface area contributed by atoms with Crippen LogP contribution in [0.2, 0.25) is 0 Å². The van der Waals surface area contributed by atoms with Gasteiger partial charge in [0.05, 0.1) is 6.10 Å². The van der Waals surface area contributed by atoms with Gasteiger partial charge in [-0.25, -0.2) is 0 Å². The van der Waals surface area contributed by atoms with E-state index in [-0.39, 0.29) is 35.6 Å². The second-order valence-corrected chi connectivity index (χ2v) is 7.84. The van der Waals surface area contributed by atoms with Crippen molar-refractivity contribution in [1.29, 1.82) is 0 Å². The molecule has 2 fully saturated rings. The van der Waals surface area contributed by atoms with E-state index in [4.69, 9.17) is 9.90 Å². The van der Waals surface area contributed by atoms with Crippen LogP contribution in [0.4, 0.5) is 0 Å². The number of aromatic nitrogens is 1. The Kier molecular flexibility index (Phi) is 7.37. The molecule has 2 N–H and O–H groups in total. The van der Waals surface area contributed by atoms with Gasteiger partial charge in [-0.05, 0) is 64.8 Å². The summed E-state index contributed by atoms with van der Waals surface area (Å²) < 4.78 is 1.64. The van der Waals surface area contributed by atoms with E-state index in [9.17, 15) is 14.7 Å². The zero-order valence-corrected chi connectivity index (χ0v) is 17.0. The lowest BCUT2D eigenvalue weighted by atomic mass is 9.77. The van der Waals surface area contributed by atoms with Crippen LogP contribution in [0.15, 0.2) is 16.9 Å². The third kappa shape index (κ3) is 4.44. The largest absolute Gasteiger partial charge is 0.483 e. The molecular weight excluding hydrogens is 362 g/mol. The maximum Gasteiger partial charge on any atom is 0.290 e. The number of likely N-dealkylation sites (tertiary alicyclic amines) is 1. The number of carbonyl (C=O) groups is 2. The molecule has 2 aliphatic rings. The average Bonchev–Trinajstić information content (AvgIpc) is 3.04. The van der Waals surface area contributed by atoms with E-state index in [0.29, 0.717) is 31.5 Å². The van der Waals surface area contributed by atoms with Crippen LogP contribution in [-0.4, -0.2) is 76.3 Å². The van der Waals surface area contributed by atoms with Crippen molar-refractivity contribution in [3.8, 4) is 0 Å². The van der Waals surface area contributed by atoms with E-state index in [0.717, 1.165) is 18.5 Å². The fourth-order valence-electron chi connectivity index (χ4n) is 4.53. The number of aliphatic hydroxyl groups is 1. The van der Waals surface area contributed by atoms with Gasteiger partial charge in [-0.15, -0.1) is 0 Å². The van der Waals surface area contributed by atoms with Crippen molar-refractivity contribution in [2.45, 2.75) is 45.4 Å². The third-order valence-corrected chi connectivity index (χ3v) is 6.00. The molecule has 2 heterocycles. The van der Waals surface area contributed by atoms with Crippen LogP contribution >= 0.6 is 0 Å². The summed E-state index contributed by atoms with van der Waals surface area (Å²) in [4.78, 5) is 37.8. The van der Waals surface area contributed by atoms with Gasteiger partial charge in [0.1, 0.15) is 5.56 Å². The monoisotopic (exact) mass is 393 g/mol. The van der Waals surface area contributed by atoms with Crippen molar-refractivity contribution in [3.63, 3.8) is 0 Å². The van der Waals surface area contributed by atoms with Gasteiger partial charge in [-0.3, -0.25) is 14.4 Å². The minimum absolute atomic E-state index is 0.146. The van der Waals surface area contributed by atoms with Crippen LogP contribution in [-0.2, 0) is 11.3 Å². The Morgan fingerprint density at radius 1 is 1.25 bits per heavy atom. The van der Waals surface area contributed by atoms with Crippen LogP contribution in [0.3, 0.4) is 0 Å². The van der Waals surface area contributed by atoms with Crippen molar-refractivity contribution in [2.24, 2.45) is 11.8 Å². The maximum atomic E-state index is 12.9. The molecule has 1 saturated carbocycles. The quantitative estimate of drug-likeness (QED) is 0.731. The number of carboxylic acid groups (broad SMARTS) is 1. The number of hydrogen-bond acceptors (Lipinski definition) is 5. The van der Waals surface area contributed by atoms with Crippen molar-refractivity contribution in [2.75, 3.05) is 27.2 Å². The van der Waals surface area contributed by atoms with Crippen molar-refractivity contribution in [3.05, 3.63) is 33.7 Å². The number of aryl methyl sites for hydroxylation is 1. The van der Waals surface area contributed by atoms with Crippen LogP contribution < -0.4 is 5.56 Å². The lowest BCUT2D eigenvalue weighted by molar-refractivity contribution is -0.122. The first-order valence-electron chi connectivity index (χ1n) is 9.67. The van der Waals surface area contributed by atoms with Gasteiger partial charge in [0.25, 0.3) is 17.9 Å². The lowest BCUT2D eigenvalue weighted by Crippen LogP contribution is -2.46. The van der Waals surface area contributed by atoms with Crippen LogP contribution in [0.5, 0.6) is 0 Å². The van der Waals surface area contributed by atoms with Gasteiger partial charge in [0.2, 0.25) is 0 Å². The van der Waals surface area contributed by atoms with E-state index >= 15 is 0 Å². The van der Waals surface area contributed by atoms with Crippen LogP contribution in [0, 0.1) is 18.8 Å². The lowest BCUT2D eigenvalue weighted by Gasteiger charge is -2.38. The molecule has 28 heavy (non-hydrogen) atoms. The second kappa shape index (κ2) is 9.34. The molecule has 0 aromatic carbocycles. The molecule has 1 aromatic heterocycles. The first-order chi connectivity index (χ1) is 13.2. The normalized spacial score (nSPS) is 26.4. The minimum atomic E-state index is -0.344. The summed E-state index contributed by atoms with van der Waals surface area (Å²) >= 11 is 0. The highest BCUT2D eigenvalue weighted by atomic mass is 16.3. The SMILES string of the molecule is CCn1c(C)ccc(C(=O)N2C[C@H]3C[C@@H](N(C)C)[C@H](O)C[C@H]3C2)c1=O.O=CO. The number of aliphatic hydroxyl groups excluding tert-OH is 1. The third-order valence-electron chi connectivity index (χ3n) is 6.00. The molecule has 0 unspecified atom stereocenters. The average molecular weight is 393 g/mol. The molecule has 1 aliphatic carbocycles. The maximum absolute atomic E-state index is 12.9. The summed E-state index contributed by atoms with van der Waals surface area (Å²) in [5.74, 6) is 0.560. The van der Waals surface area contributed by atoms with E-state index in [1.165, 1.54) is 0 Å². The smallest absolute Gasteiger partial charge is 0.290 e. The Bertz CT molecular complexity index is 761. The molecule has 4 atom stereocenters. The molecule has 156 valence electrons. The standard InChI is InChI=1S/C19H29N3O3.CH2O2/c1-5-22-12(2)6-7-15(19(22)25)18(24)21-10-13-8-16(20(3)4)17(23)9-14(13)11-21;2-1-3/h6-7,13-14,16-17,23H,5,8-11H2,1-4H3;1H,(H,2,3)/t13-,14+,16-,17-;/m1./s1. The second-order valence-electron chi connectivity index (χ2n) is 7.84. The van der Waals surface area contributed by atoms with Crippen molar-refractivity contribution < 1.29 is 19.8 Å². The van der Waals surface area contributed by atoms with Crippen LogP contribution in [0.25, 0.3) is 0 Å². The molecule has 1 amide bonds. The van der Waals surface area contributed by atoms with E-state index < -0.39 is 0 Å². The fraction of sp³-hybridized carbons (Fsp3) is 0.650. The topological polar surface area (TPSA) is 103 Å². The molecule has 1 aromatic rings. The van der Waals surface area contributed by atoms with Crippen LogP contribution in [0.1, 0.15) is 35.8 Å². The van der Waals surface area contributed by atoms with Crippen molar-refractivity contribution in [1.82, 2.24) is 14.4 Å². The Hall–Kier alpha value is -2.19. The number of amides is 1. The molecule has 8 nitrogen and oxygen atoms in total. The zero-order valence-electron chi connectivity index (χ0n) is 17.0. The Balaban J connectivity index is 0.000000878. The minimum Gasteiger partial charge on any atom is -0.483 e. The molecule has 3 rings (SSSR count). The predicted molar refractivity (Wildman–Crippen MR) is 105 cm³/mol. The molecule has 0 radical (unpaired) electrons. The number of fused-ring (bicyclic) bond motifs is 1. The summed E-state index contributed by atoms with van der Waals surface area (Å²) in [5, 5.41) is 17.3. The Morgan fingerprint density at radius 3 is 2.36 bits per heavy atom. The van der Waals surface area contributed by atoms with E-state index in [1.807, 2.05) is 38.9 Å². The highest BCUT2D eigenvalue weighted by Gasteiger charge is 2.43. The van der Waals surface area contributed by atoms with Gasteiger partial charge >= 0.3 is 0 Å². The Morgan fingerprint density at radius 2 is 1.82 bits per heavy atom. The molecule has 1 aliphatic heterocycles. The summed E-state index contributed by atoms with van der Waals surface area (Å²) in [6.07, 6.45) is 1.28. The highest BCUT2D eigenvalue weighted by molar-refractivity contribution is 5.94. The summed E-state index contributed by atoms with van der Waals surface area (Å²) in [6, 6.07) is 3.64. The molecule has 8 heteroatoms. The molecule has 1 saturated heterocycles.